The van der Waals surface area contributed by atoms with Crippen LogP contribution in [0.25, 0.3) is 0 Å². The molecule has 4 rings (SSSR count). The number of hydrogen-bond donors (Lipinski definition) is 1. The lowest BCUT2D eigenvalue weighted by atomic mass is 9.79. The first-order chi connectivity index (χ1) is 9.24. The van der Waals surface area contributed by atoms with Gasteiger partial charge in [0.1, 0.15) is 5.82 Å². The Labute approximate surface area is 116 Å². The van der Waals surface area contributed by atoms with Gasteiger partial charge in [-0.25, -0.2) is 4.98 Å². The molecule has 1 aromatic heterocycles. The molecule has 1 amide bonds. The third kappa shape index (κ3) is 2.12. The van der Waals surface area contributed by atoms with Crippen molar-refractivity contribution in [2.24, 2.45) is 5.41 Å². The van der Waals surface area contributed by atoms with Crippen molar-refractivity contribution >= 4 is 22.6 Å². The first-order valence-electron chi connectivity index (χ1n) is 7.09. The summed E-state index contributed by atoms with van der Waals surface area (Å²) in [6.45, 7) is 2.83. The lowest BCUT2D eigenvalue weighted by Crippen LogP contribution is -2.44. The van der Waals surface area contributed by atoms with Crippen LogP contribution in [0.4, 0.5) is 5.13 Å². The third-order valence-corrected chi connectivity index (χ3v) is 5.29. The number of nitrogens with one attached hydrogen (secondary N) is 1. The fourth-order valence-corrected chi connectivity index (χ4v) is 4.04. The van der Waals surface area contributed by atoms with Crippen molar-refractivity contribution in [2.75, 3.05) is 24.5 Å². The SMILES string of the molecule is O=C1C[C@@]2(CCCN(c3nc(C4CC4)ns3)C2)CN1. The standard InChI is InChI=1S/C13H18N4OS/c18-10-6-13(7-14-10)4-1-5-17(8-13)12-15-11(16-19-12)9-2-3-9/h9H,1-8H2,(H,14,18)/t13-/m0/s1. The summed E-state index contributed by atoms with van der Waals surface area (Å²) in [5, 5.41) is 4.04. The molecule has 0 aromatic carbocycles. The Morgan fingerprint density at radius 1 is 1.42 bits per heavy atom. The molecule has 3 heterocycles. The Bertz CT molecular complexity index is 512. The molecule has 2 aliphatic heterocycles. The summed E-state index contributed by atoms with van der Waals surface area (Å²) in [5.74, 6) is 1.87. The second-order valence-electron chi connectivity index (χ2n) is 6.19. The van der Waals surface area contributed by atoms with Gasteiger partial charge in [-0.2, -0.15) is 4.37 Å². The fraction of sp³-hybridized carbons (Fsp3) is 0.769. The van der Waals surface area contributed by atoms with Gasteiger partial charge < -0.3 is 10.2 Å². The van der Waals surface area contributed by atoms with Crippen LogP contribution < -0.4 is 10.2 Å². The number of amides is 1. The van der Waals surface area contributed by atoms with Crippen LogP contribution in [0.15, 0.2) is 0 Å². The molecule has 0 radical (unpaired) electrons. The zero-order valence-corrected chi connectivity index (χ0v) is 11.7. The lowest BCUT2D eigenvalue weighted by molar-refractivity contribution is -0.119. The van der Waals surface area contributed by atoms with Gasteiger partial charge in [0.25, 0.3) is 0 Å². The van der Waals surface area contributed by atoms with Crippen LogP contribution in [-0.2, 0) is 4.79 Å². The van der Waals surface area contributed by atoms with Gasteiger partial charge in [-0.3, -0.25) is 4.79 Å². The number of piperidine rings is 1. The molecule has 1 aliphatic carbocycles. The highest BCUT2D eigenvalue weighted by Gasteiger charge is 2.42. The van der Waals surface area contributed by atoms with Crippen LogP contribution in [-0.4, -0.2) is 34.9 Å². The number of rotatable bonds is 2. The second kappa shape index (κ2) is 4.16. The molecule has 1 N–H and O–H groups in total. The van der Waals surface area contributed by atoms with Gasteiger partial charge in [-0.15, -0.1) is 0 Å². The molecule has 5 nitrogen and oxygen atoms in total. The van der Waals surface area contributed by atoms with Crippen molar-refractivity contribution in [1.29, 1.82) is 0 Å². The first kappa shape index (κ1) is 11.6. The molecule has 0 unspecified atom stereocenters. The first-order valence-corrected chi connectivity index (χ1v) is 7.87. The summed E-state index contributed by atoms with van der Waals surface area (Å²) < 4.78 is 4.49. The van der Waals surface area contributed by atoms with Crippen LogP contribution >= 0.6 is 11.5 Å². The molecule has 1 spiro atoms. The Hall–Kier alpha value is -1.17. The maximum absolute atomic E-state index is 11.5. The van der Waals surface area contributed by atoms with Gasteiger partial charge in [0.2, 0.25) is 11.0 Å². The van der Waals surface area contributed by atoms with E-state index in [1.807, 2.05) is 0 Å². The van der Waals surface area contributed by atoms with Gasteiger partial charge in [0.05, 0.1) is 0 Å². The predicted molar refractivity (Wildman–Crippen MR) is 73.4 cm³/mol. The molecule has 3 fully saturated rings. The topological polar surface area (TPSA) is 58.1 Å². The summed E-state index contributed by atoms with van der Waals surface area (Å²) in [6.07, 6.45) is 5.47. The molecular weight excluding hydrogens is 260 g/mol. The lowest BCUT2D eigenvalue weighted by Gasteiger charge is -2.38. The number of hydrogen-bond acceptors (Lipinski definition) is 5. The van der Waals surface area contributed by atoms with Gasteiger partial charge in [-0.05, 0) is 25.7 Å². The van der Waals surface area contributed by atoms with E-state index in [0.717, 1.165) is 43.4 Å². The van der Waals surface area contributed by atoms with E-state index in [2.05, 4.69) is 14.6 Å². The van der Waals surface area contributed by atoms with Crippen LogP contribution in [0.2, 0.25) is 0 Å². The van der Waals surface area contributed by atoms with Crippen molar-refractivity contribution in [3.8, 4) is 0 Å². The van der Waals surface area contributed by atoms with Crippen LogP contribution in [0.3, 0.4) is 0 Å². The number of carbonyl (C=O) groups is 1. The minimum atomic E-state index is 0.140. The average Bonchev–Trinajstić information content (AvgIpc) is 3.04. The Kier molecular flexibility index (Phi) is 2.55. The van der Waals surface area contributed by atoms with Gasteiger partial charge in [0, 0.05) is 48.9 Å². The molecule has 1 saturated carbocycles. The summed E-state index contributed by atoms with van der Waals surface area (Å²) in [4.78, 5) is 18.5. The zero-order chi connectivity index (χ0) is 12.9. The normalized spacial score (nSPS) is 30.9. The molecule has 19 heavy (non-hydrogen) atoms. The molecule has 1 aromatic rings. The Balaban J connectivity index is 1.52. The van der Waals surface area contributed by atoms with Crippen LogP contribution in [0.5, 0.6) is 0 Å². The molecular formula is C13H18N4OS. The van der Waals surface area contributed by atoms with E-state index in [4.69, 9.17) is 4.98 Å². The van der Waals surface area contributed by atoms with Gasteiger partial charge in [-0.1, -0.05) is 0 Å². The molecule has 2 saturated heterocycles. The second-order valence-corrected chi connectivity index (χ2v) is 6.92. The minimum absolute atomic E-state index is 0.140. The minimum Gasteiger partial charge on any atom is -0.355 e. The van der Waals surface area contributed by atoms with Crippen LogP contribution in [0.1, 0.15) is 43.8 Å². The van der Waals surface area contributed by atoms with E-state index in [1.165, 1.54) is 24.4 Å². The van der Waals surface area contributed by atoms with Crippen LogP contribution in [0, 0.1) is 5.41 Å². The highest BCUT2D eigenvalue weighted by molar-refractivity contribution is 7.09. The smallest absolute Gasteiger partial charge is 0.220 e. The Morgan fingerprint density at radius 3 is 3.05 bits per heavy atom. The van der Waals surface area contributed by atoms with Gasteiger partial charge >= 0.3 is 0 Å². The molecule has 1 atom stereocenters. The van der Waals surface area contributed by atoms with Crippen molar-refractivity contribution in [3.63, 3.8) is 0 Å². The van der Waals surface area contributed by atoms with E-state index in [0.29, 0.717) is 12.3 Å². The van der Waals surface area contributed by atoms with E-state index in [-0.39, 0.29) is 11.3 Å². The van der Waals surface area contributed by atoms with E-state index in [9.17, 15) is 4.79 Å². The summed E-state index contributed by atoms with van der Waals surface area (Å²) in [5.41, 5.74) is 0.140. The van der Waals surface area contributed by atoms with E-state index < -0.39 is 0 Å². The van der Waals surface area contributed by atoms with E-state index >= 15 is 0 Å². The molecule has 6 heteroatoms. The van der Waals surface area contributed by atoms with E-state index in [1.54, 1.807) is 0 Å². The maximum Gasteiger partial charge on any atom is 0.220 e. The summed E-state index contributed by atoms with van der Waals surface area (Å²) >= 11 is 1.53. The zero-order valence-electron chi connectivity index (χ0n) is 10.9. The summed E-state index contributed by atoms with van der Waals surface area (Å²) in [7, 11) is 0. The summed E-state index contributed by atoms with van der Waals surface area (Å²) in [6, 6.07) is 0. The van der Waals surface area contributed by atoms with Crippen molar-refractivity contribution in [1.82, 2.24) is 14.7 Å². The van der Waals surface area contributed by atoms with Crippen molar-refractivity contribution < 1.29 is 4.79 Å². The van der Waals surface area contributed by atoms with Crippen molar-refractivity contribution in [3.05, 3.63) is 5.82 Å². The Morgan fingerprint density at radius 2 is 2.32 bits per heavy atom. The highest BCUT2D eigenvalue weighted by Crippen LogP contribution is 2.41. The number of carbonyl (C=O) groups excluding carboxylic acids is 1. The fourth-order valence-electron chi connectivity index (χ4n) is 3.27. The number of aromatic nitrogens is 2. The average molecular weight is 278 g/mol. The molecule has 0 bridgehead atoms. The third-order valence-electron chi connectivity index (χ3n) is 4.50. The maximum atomic E-state index is 11.5. The molecule has 102 valence electrons. The predicted octanol–water partition coefficient (Wildman–Crippen LogP) is 1.52. The molecule has 3 aliphatic rings. The van der Waals surface area contributed by atoms with Crippen molar-refractivity contribution in [2.45, 2.75) is 38.0 Å². The quantitative estimate of drug-likeness (QED) is 0.891. The number of anilines is 1. The number of nitrogens with zero attached hydrogens (tertiary/aromatic N) is 3. The highest BCUT2D eigenvalue weighted by atomic mass is 32.1. The monoisotopic (exact) mass is 278 g/mol. The van der Waals surface area contributed by atoms with Gasteiger partial charge in [0.15, 0.2) is 0 Å². The largest absolute Gasteiger partial charge is 0.355 e.